The lowest BCUT2D eigenvalue weighted by Crippen LogP contribution is -2.37. The standard InChI is InChI=1S/C18H19ClN2O/c1-13(14-6-8-16(19)9-7-14)20-18(22)12-21-11-10-15-4-2-3-5-17(15)21/h2-9,13H,10-12H2,1H3,(H,20,22)/t13-/m0/s1. The number of benzene rings is 2. The minimum atomic E-state index is -0.0254. The summed E-state index contributed by atoms with van der Waals surface area (Å²) in [5.74, 6) is 0.0409. The van der Waals surface area contributed by atoms with Gasteiger partial charge in [0.2, 0.25) is 5.91 Å². The van der Waals surface area contributed by atoms with Crippen molar-refractivity contribution < 1.29 is 4.79 Å². The van der Waals surface area contributed by atoms with Crippen molar-refractivity contribution in [1.82, 2.24) is 5.32 Å². The number of fused-ring (bicyclic) bond motifs is 1. The Morgan fingerprint density at radius 3 is 2.73 bits per heavy atom. The molecule has 1 amide bonds. The first-order valence-electron chi connectivity index (χ1n) is 7.51. The smallest absolute Gasteiger partial charge is 0.239 e. The summed E-state index contributed by atoms with van der Waals surface area (Å²) in [6.45, 7) is 3.29. The van der Waals surface area contributed by atoms with Crippen LogP contribution in [0.25, 0.3) is 0 Å². The van der Waals surface area contributed by atoms with Crippen LogP contribution in [0, 0.1) is 0 Å². The van der Waals surface area contributed by atoms with Gasteiger partial charge in [-0.05, 0) is 42.7 Å². The molecule has 0 bridgehead atoms. The van der Waals surface area contributed by atoms with Crippen molar-refractivity contribution in [2.75, 3.05) is 18.0 Å². The Bertz CT molecular complexity index is 669. The van der Waals surface area contributed by atoms with E-state index in [1.54, 1.807) is 0 Å². The summed E-state index contributed by atoms with van der Waals surface area (Å²) >= 11 is 5.89. The van der Waals surface area contributed by atoms with E-state index < -0.39 is 0 Å². The molecule has 114 valence electrons. The van der Waals surface area contributed by atoms with E-state index in [1.807, 2.05) is 43.3 Å². The number of halogens is 1. The first-order chi connectivity index (χ1) is 10.6. The second-order valence-corrected chi connectivity index (χ2v) is 6.08. The third-order valence-corrected chi connectivity index (χ3v) is 4.32. The number of rotatable bonds is 4. The zero-order valence-electron chi connectivity index (χ0n) is 12.6. The molecular formula is C18H19ClN2O. The summed E-state index contributed by atoms with van der Waals surface area (Å²) in [5, 5.41) is 3.75. The molecule has 2 aromatic carbocycles. The van der Waals surface area contributed by atoms with Gasteiger partial charge in [-0.15, -0.1) is 0 Å². The van der Waals surface area contributed by atoms with Gasteiger partial charge in [-0.2, -0.15) is 0 Å². The van der Waals surface area contributed by atoms with Crippen LogP contribution in [-0.2, 0) is 11.2 Å². The normalized spacial score (nSPS) is 14.5. The Balaban J connectivity index is 1.60. The van der Waals surface area contributed by atoms with E-state index >= 15 is 0 Å². The van der Waals surface area contributed by atoms with E-state index in [0.29, 0.717) is 11.6 Å². The highest BCUT2D eigenvalue weighted by Gasteiger charge is 2.21. The van der Waals surface area contributed by atoms with E-state index in [4.69, 9.17) is 11.6 Å². The molecule has 0 radical (unpaired) electrons. The molecule has 3 rings (SSSR count). The van der Waals surface area contributed by atoms with Crippen LogP contribution in [-0.4, -0.2) is 19.0 Å². The molecule has 1 atom stereocenters. The topological polar surface area (TPSA) is 32.3 Å². The van der Waals surface area contributed by atoms with Crippen LogP contribution < -0.4 is 10.2 Å². The van der Waals surface area contributed by atoms with Crippen LogP contribution in [0.3, 0.4) is 0 Å². The first kappa shape index (κ1) is 14.9. The van der Waals surface area contributed by atoms with Crippen LogP contribution >= 0.6 is 11.6 Å². The molecule has 1 heterocycles. The fourth-order valence-electron chi connectivity index (χ4n) is 2.87. The lowest BCUT2D eigenvalue weighted by Gasteiger charge is -2.21. The van der Waals surface area contributed by atoms with E-state index in [0.717, 1.165) is 18.5 Å². The SMILES string of the molecule is C[C@H](NC(=O)CN1CCc2ccccc21)c1ccc(Cl)cc1. The van der Waals surface area contributed by atoms with E-state index in [2.05, 4.69) is 22.3 Å². The number of carbonyl (C=O) groups is 1. The maximum atomic E-state index is 12.3. The molecule has 0 fully saturated rings. The van der Waals surface area contributed by atoms with Crippen LogP contribution in [0.5, 0.6) is 0 Å². The van der Waals surface area contributed by atoms with Gasteiger partial charge in [-0.1, -0.05) is 41.9 Å². The average Bonchev–Trinajstić information content (AvgIpc) is 2.91. The predicted octanol–water partition coefficient (Wildman–Crippen LogP) is 3.58. The van der Waals surface area contributed by atoms with Crippen molar-refractivity contribution in [3.63, 3.8) is 0 Å². The molecule has 4 heteroatoms. The number of anilines is 1. The number of nitrogens with one attached hydrogen (secondary N) is 1. The second kappa shape index (κ2) is 6.41. The third kappa shape index (κ3) is 3.25. The Morgan fingerprint density at radius 2 is 1.95 bits per heavy atom. The van der Waals surface area contributed by atoms with Gasteiger partial charge in [0.25, 0.3) is 0 Å². The van der Waals surface area contributed by atoms with Gasteiger partial charge >= 0.3 is 0 Å². The highest BCUT2D eigenvalue weighted by atomic mass is 35.5. The second-order valence-electron chi connectivity index (χ2n) is 5.64. The van der Waals surface area contributed by atoms with Gasteiger partial charge in [0.15, 0.2) is 0 Å². The Hall–Kier alpha value is -2.00. The number of para-hydroxylation sites is 1. The zero-order chi connectivity index (χ0) is 15.5. The number of carbonyl (C=O) groups excluding carboxylic acids is 1. The summed E-state index contributed by atoms with van der Waals surface area (Å²) in [4.78, 5) is 14.4. The van der Waals surface area contributed by atoms with Gasteiger partial charge in [0.1, 0.15) is 0 Å². The number of hydrogen-bond donors (Lipinski definition) is 1. The van der Waals surface area contributed by atoms with Crippen LogP contribution in [0.1, 0.15) is 24.1 Å². The molecule has 22 heavy (non-hydrogen) atoms. The molecule has 0 aromatic heterocycles. The van der Waals surface area contributed by atoms with Crippen LogP contribution in [0.4, 0.5) is 5.69 Å². The Kier molecular flexibility index (Phi) is 4.34. The highest BCUT2D eigenvalue weighted by Crippen LogP contribution is 2.27. The lowest BCUT2D eigenvalue weighted by atomic mass is 10.1. The quantitative estimate of drug-likeness (QED) is 0.935. The number of hydrogen-bond acceptors (Lipinski definition) is 2. The fourth-order valence-corrected chi connectivity index (χ4v) is 2.99. The molecule has 1 N–H and O–H groups in total. The van der Waals surface area contributed by atoms with Gasteiger partial charge in [0, 0.05) is 17.3 Å². The minimum absolute atomic E-state index is 0.0254. The predicted molar refractivity (Wildman–Crippen MR) is 90.4 cm³/mol. The van der Waals surface area contributed by atoms with Crippen molar-refractivity contribution in [2.45, 2.75) is 19.4 Å². The minimum Gasteiger partial charge on any atom is -0.362 e. The highest BCUT2D eigenvalue weighted by molar-refractivity contribution is 6.30. The summed E-state index contributed by atoms with van der Waals surface area (Å²) in [6.07, 6.45) is 1.01. The first-order valence-corrected chi connectivity index (χ1v) is 7.89. The molecule has 1 aliphatic heterocycles. The van der Waals surface area contributed by atoms with E-state index in [-0.39, 0.29) is 11.9 Å². The Morgan fingerprint density at radius 1 is 1.23 bits per heavy atom. The fraction of sp³-hybridized carbons (Fsp3) is 0.278. The summed E-state index contributed by atoms with van der Waals surface area (Å²) in [5.41, 5.74) is 3.55. The molecule has 2 aromatic rings. The van der Waals surface area contributed by atoms with Gasteiger partial charge in [-0.25, -0.2) is 0 Å². The molecule has 0 unspecified atom stereocenters. The lowest BCUT2D eigenvalue weighted by molar-refractivity contribution is -0.120. The van der Waals surface area contributed by atoms with Gasteiger partial charge in [0.05, 0.1) is 12.6 Å². The maximum Gasteiger partial charge on any atom is 0.239 e. The van der Waals surface area contributed by atoms with Crippen molar-refractivity contribution in [1.29, 1.82) is 0 Å². The van der Waals surface area contributed by atoms with Gasteiger partial charge < -0.3 is 10.2 Å². The largest absolute Gasteiger partial charge is 0.362 e. The van der Waals surface area contributed by atoms with E-state index in [9.17, 15) is 4.79 Å². The van der Waals surface area contributed by atoms with Crippen molar-refractivity contribution >= 4 is 23.2 Å². The van der Waals surface area contributed by atoms with Crippen LogP contribution in [0.2, 0.25) is 5.02 Å². The summed E-state index contributed by atoms with van der Waals surface area (Å²) in [6, 6.07) is 15.8. The number of nitrogens with zero attached hydrogens (tertiary/aromatic N) is 1. The summed E-state index contributed by atoms with van der Waals surface area (Å²) in [7, 11) is 0. The number of amides is 1. The molecule has 0 saturated carbocycles. The molecule has 0 spiro atoms. The third-order valence-electron chi connectivity index (χ3n) is 4.07. The zero-order valence-corrected chi connectivity index (χ0v) is 13.3. The van der Waals surface area contributed by atoms with Gasteiger partial charge in [-0.3, -0.25) is 4.79 Å². The maximum absolute atomic E-state index is 12.3. The van der Waals surface area contributed by atoms with Crippen molar-refractivity contribution in [3.05, 3.63) is 64.7 Å². The van der Waals surface area contributed by atoms with Crippen molar-refractivity contribution in [3.8, 4) is 0 Å². The Labute approximate surface area is 135 Å². The molecule has 0 saturated heterocycles. The monoisotopic (exact) mass is 314 g/mol. The van der Waals surface area contributed by atoms with Crippen molar-refractivity contribution in [2.24, 2.45) is 0 Å². The van der Waals surface area contributed by atoms with Crippen LogP contribution in [0.15, 0.2) is 48.5 Å². The molecule has 3 nitrogen and oxygen atoms in total. The summed E-state index contributed by atoms with van der Waals surface area (Å²) < 4.78 is 0. The van der Waals surface area contributed by atoms with E-state index in [1.165, 1.54) is 11.3 Å². The molecule has 1 aliphatic rings. The molecular weight excluding hydrogens is 296 g/mol. The molecule has 0 aliphatic carbocycles. The average molecular weight is 315 g/mol.